The molecule has 29 heavy (non-hydrogen) atoms. The SMILES string of the molecule is CCC(C)(NC(=O)c1cccc(S(=O)(=O)N2CCc3ccccc32)c1)C(=O)OC. The van der Waals surface area contributed by atoms with E-state index in [4.69, 9.17) is 4.74 Å². The molecule has 0 saturated heterocycles. The van der Waals surface area contributed by atoms with Gasteiger partial charge in [-0.3, -0.25) is 9.10 Å². The number of hydrogen-bond donors (Lipinski definition) is 1. The van der Waals surface area contributed by atoms with Crippen LogP contribution in [0.5, 0.6) is 0 Å². The number of nitrogens with zero attached hydrogens (tertiary/aromatic N) is 1. The molecule has 154 valence electrons. The summed E-state index contributed by atoms with van der Waals surface area (Å²) in [6.07, 6.45) is 0.970. The van der Waals surface area contributed by atoms with Gasteiger partial charge in [0.1, 0.15) is 5.54 Å². The normalized spacial score (nSPS) is 15.3. The fourth-order valence-electron chi connectivity index (χ4n) is 3.31. The highest BCUT2D eigenvalue weighted by Gasteiger charge is 2.35. The molecule has 8 heteroatoms. The zero-order valence-corrected chi connectivity index (χ0v) is 17.5. The number of fused-ring (bicyclic) bond motifs is 1. The Morgan fingerprint density at radius 3 is 2.59 bits per heavy atom. The van der Waals surface area contributed by atoms with Crippen LogP contribution in [0.25, 0.3) is 0 Å². The van der Waals surface area contributed by atoms with E-state index in [0.29, 0.717) is 25.1 Å². The molecule has 0 spiro atoms. The van der Waals surface area contributed by atoms with Crippen LogP contribution in [0.1, 0.15) is 36.2 Å². The third-order valence-electron chi connectivity index (χ3n) is 5.26. The second-order valence-electron chi connectivity index (χ2n) is 7.12. The van der Waals surface area contributed by atoms with E-state index in [1.165, 1.54) is 35.7 Å². The number of rotatable bonds is 6. The molecule has 1 aliphatic rings. The Morgan fingerprint density at radius 1 is 1.17 bits per heavy atom. The molecule has 1 unspecified atom stereocenters. The molecule has 0 saturated carbocycles. The largest absolute Gasteiger partial charge is 0.467 e. The van der Waals surface area contributed by atoms with Crippen molar-refractivity contribution in [1.29, 1.82) is 0 Å². The Morgan fingerprint density at radius 2 is 1.90 bits per heavy atom. The van der Waals surface area contributed by atoms with Crippen molar-refractivity contribution >= 4 is 27.6 Å². The summed E-state index contributed by atoms with van der Waals surface area (Å²) >= 11 is 0. The van der Waals surface area contributed by atoms with Gasteiger partial charge in [0.15, 0.2) is 0 Å². The molecule has 3 rings (SSSR count). The predicted octanol–water partition coefficient (Wildman–Crippen LogP) is 2.51. The zero-order chi connectivity index (χ0) is 21.2. The van der Waals surface area contributed by atoms with Crippen LogP contribution in [0.15, 0.2) is 53.4 Å². The molecule has 0 aromatic heterocycles. The number of sulfonamides is 1. The molecule has 0 aliphatic carbocycles. The molecular weight excluding hydrogens is 392 g/mol. The first-order chi connectivity index (χ1) is 13.7. The Labute approximate surface area is 170 Å². The zero-order valence-electron chi connectivity index (χ0n) is 16.6. The monoisotopic (exact) mass is 416 g/mol. The van der Waals surface area contributed by atoms with Crippen LogP contribution in [-0.4, -0.2) is 39.5 Å². The summed E-state index contributed by atoms with van der Waals surface area (Å²) in [5, 5.41) is 2.65. The third kappa shape index (κ3) is 3.85. The Balaban J connectivity index is 1.90. The summed E-state index contributed by atoms with van der Waals surface area (Å²) in [6.45, 7) is 3.68. The summed E-state index contributed by atoms with van der Waals surface area (Å²) < 4.78 is 32.5. The Hall–Kier alpha value is -2.87. The molecule has 1 heterocycles. The molecule has 2 aromatic rings. The van der Waals surface area contributed by atoms with Crippen molar-refractivity contribution in [3.05, 3.63) is 59.7 Å². The summed E-state index contributed by atoms with van der Waals surface area (Å²) in [4.78, 5) is 24.7. The molecule has 1 atom stereocenters. The van der Waals surface area contributed by atoms with Gasteiger partial charge in [-0.25, -0.2) is 13.2 Å². The second-order valence-corrected chi connectivity index (χ2v) is 8.98. The highest BCUT2D eigenvalue weighted by atomic mass is 32.2. The second kappa shape index (κ2) is 7.87. The molecule has 0 fully saturated rings. The first-order valence-electron chi connectivity index (χ1n) is 9.34. The first kappa shape index (κ1) is 20.9. The maximum atomic E-state index is 13.2. The summed E-state index contributed by atoms with van der Waals surface area (Å²) in [5.74, 6) is -1.11. The number of nitrogens with one attached hydrogen (secondary N) is 1. The van der Waals surface area contributed by atoms with Crippen molar-refractivity contribution in [3.63, 3.8) is 0 Å². The number of para-hydroxylation sites is 1. The van der Waals surface area contributed by atoms with Crippen molar-refractivity contribution < 1.29 is 22.7 Å². The average Bonchev–Trinajstić information content (AvgIpc) is 3.18. The quantitative estimate of drug-likeness (QED) is 0.731. The van der Waals surface area contributed by atoms with Crippen LogP contribution in [0, 0.1) is 0 Å². The molecule has 1 aliphatic heterocycles. The van der Waals surface area contributed by atoms with E-state index in [0.717, 1.165) is 5.56 Å². The average molecular weight is 416 g/mol. The predicted molar refractivity (Wildman–Crippen MR) is 109 cm³/mol. The lowest BCUT2D eigenvalue weighted by Crippen LogP contribution is -2.52. The Kier molecular flexibility index (Phi) is 5.66. The number of methoxy groups -OCH3 is 1. The van der Waals surface area contributed by atoms with Gasteiger partial charge < -0.3 is 10.1 Å². The van der Waals surface area contributed by atoms with Gasteiger partial charge in [0.05, 0.1) is 17.7 Å². The highest BCUT2D eigenvalue weighted by Crippen LogP contribution is 2.32. The number of carbonyl (C=O) groups excluding carboxylic acids is 2. The van der Waals surface area contributed by atoms with Crippen molar-refractivity contribution in [3.8, 4) is 0 Å². The fraction of sp³-hybridized carbons (Fsp3) is 0.333. The molecule has 0 bridgehead atoms. The molecule has 0 radical (unpaired) electrons. The van der Waals surface area contributed by atoms with Crippen LogP contribution in [0.2, 0.25) is 0 Å². The van der Waals surface area contributed by atoms with Gasteiger partial charge in [-0.1, -0.05) is 31.2 Å². The molecule has 1 N–H and O–H groups in total. The highest BCUT2D eigenvalue weighted by molar-refractivity contribution is 7.92. The number of benzene rings is 2. The van der Waals surface area contributed by atoms with Crippen LogP contribution in [-0.2, 0) is 26.0 Å². The van der Waals surface area contributed by atoms with Gasteiger partial charge in [0, 0.05) is 12.1 Å². The van der Waals surface area contributed by atoms with Crippen molar-refractivity contribution in [2.24, 2.45) is 0 Å². The van der Waals surface area contributed by atoms with E-state index in [1.807, 2.05) is 12.1 Å². The molecular formula is C21H24N2O5S. The number of hydrogen-bond acceptors (Lipinski definition) is 5. The van der Waals surface area contributed by atoms with Gasteiger partial charge in [-0.05, 0) is 49.6 Å². The minimum Gasteiger partial charge on any atom is -0.467 e. The number of esters is 1. The fourth-order valence-corrected chi connectivity index (χ4v) is 4.86. The third-order valence-corrected chi connectivity index (χ3v) is 7.07. The lowest BCUT2D eigenvalue weighted by molar-refractivity contribution is -0.147. The van der Waals surface area contributed by atoms with E-state index >= 15 is 0 Å². The van der Waals surface area contributed by atoms with E-state index in [9.17, 15) is 18.0 Å². The number of ether oxygens (including phenoxy) is 1. The van der Waals surface area contributed by atoms with Gasteiger partial charge >= 0.3 is 5.97 Å². The van der Waals surface area contributed by atoms with Crippen LogP contribution >= 0.6 is 0 Å². The van der Waals surface area contributed by atoms with E-state index in [-0.39, 0.29) is 10.5 Å². The van der Waals surface area contributed by atoms with Crippen LogP contribution < -0.4 is 9.62 Å². The van der Waals surface area contributed by atoms with E-state index in [2.05, 4.69) is 5.32 Å². The van der Waals surface area contributed by atoms with Gasteiger partial charge in [0.25, 0.3) is 15.9 Å². The molecule has 7 nitrogen and oxygen atoms in total. The molecule has 2 aromatic carbocycles. The van der Waals surface area contributed by atoms with Crippen molar-refractivity contribution in [2.75, 3.05) is 18.0 Å². The Bertz CT molecular complexity index is 1050. The minimum atomic E-state index is -3.82. The van der Waals surface area contributed by atoms with E-state index in [1.54, 1.807) is 26.0 Å². The summed E-state index contributed by atoms with van der Waals surface area (Å²) in [6, 6.07) is 13.2. The van der Waals surface area contributed by atoms with Crippen molar-refractivity contribution in [2.45, 2.75) is 37.1 Å². The topological polar surface area (TPSA) is 92.8 Å². The van der Waals surface area contributed by atoms with E-state index < -0.39 is 27.4 Å². The summed E-state index contributed by atoms with van der Waals surface area (Å²) in [7, 11) is -2.56. The van der Waals surface area contributed by atoms with Gasteiger partial charge in [0.2, 0.25) is 0 Å². The first-order valence-corrected chi connectivity index (χ1v) is 10.8. The van der Waals surface area contributed by atoms with Crippen molar-refractivity contribution in [1.82, 2.24) is 5.32 Å². The number of amides is 1. The maximum Gasteiger partial charge on any atom is 0.331 e. The van der Waals surface area contributed by atoms with Crippen LogP contribution in [0.3, 0.4) is 0 Å². The minimum absolute atomic E-state index is 0.0260. The smallest absolute Gasteiger partial charge is 0.331 e. The lowest BCUT2D eigenvalue weighted by Gasteiger charge is -2.26. The number of anilines is 1. The van der Waals surface area contributed by atoms with Gasteiger partial charge in [-0.15, -0.1) is 0 Å². The van der Waals surface area contributed by atoms with Gasteiger partial charge in [-0.2, -0.15) is 0 Å². The standard InChI is InChI=1S/C21H24N2O5S/c1-4-21(2,20(25)28-3)22-19(24)16-9-7-10-17(14-16)29(26,27)23-13-12-15-8-5-6-11-18(15)23/h5-11,14H,4,12-13H2,1-3H3,(H,22,24). The molecule has 1 amide bonds. The lowest BCUT2D eigenvalue weighted by atomic mass is 9.98. The number of carbonyl (C=O) groups is 2. The van der Waals surface area contributed by atoms with Crippen LogP contribution in [0.4, 0.5) is 5.69 Å². The maximum absolute atomic E-state index is 13.2. The summed E-state index contributed by atoms with van der Waals surface area (Å²) in [5.41, 5.74) is 0.588.